The van der Waals surface area contributed by atoms with Crippen LogP contribution in [0.5, 0.6) is 5.75 Å². The molecule has 0 radical (unpaired) electrons. The van der Waals surface area contributed by atoms with Crippen molar-refractivity contribution in [2.24, 2.45) is 5.41 Å². The molecule has 1 aliphatic carbocycles. The topological polar surface area (TPSA) is 89.0 Å². The molecule has 2 aromatic rings. The molecular weight excluding hydrogens is 378 g/mol. The minimum absolute atomic E-state index is 0.0647. The van der Waals surface area contributed by atoms with E-state index in [1.165, 1.54) is 0 Å². The van der Waals surface area contributed by atoms with Gasteiger partial charge in [-0.3, -0.25) is 9.78 Å². The molecule has 3 rings (SSSR count). The van der Waals surface area contributed by atoms with Gasteiger partial charge in [-0.1, -0.05) is 20.8 Å². The highest BCUT2D eigenvalue weighted by Crippen LogP contribution is 2.29. The van der Waals surface area contributed by atoms with E-state index in [1.807, 2.05) is 32.9 Å². The lowest BCUT2D eigenvalue weighted by molar-refractivity contribution is -0.120. The van der Waals surface area contributed by atoms with E-state index in [0.717, 1.165) is 42.1 Å². The Morgan fingerprint density at radius 3 is 2.60 bits per heavy atom. The molecule has 0 atom stereocenters. The van der Waals surface area contributed by atoms with E-state index in [-0.39, 0.29) is 23.4 Å². The second-order valence-electron chi connectivity index (χ2n) is 10.1. The Morgan fingerprint density at radius 2 is 1.90 bits per heavy atom. The summed E-state index contributed by atoms with van der Waals surface area (Å²) in [6.07, 6.45) is 4.58. The highest BCUT2D eigenvalue weighted by atomic mass is 16.5. The zero-order valence-corrected chi connectivity index (χ0v) is 18.9. The van der Waals surface area contributed by atoms with Crippen LogP contribution in [0.25, 0.3) is 11.5 Å². The first-order chi connectivity index (χ1) is 14.0. The van der Waals surface area contributed by atoms with E-state index in [0.29, 0.717) is 18.1 Å². The number of ether oxygens (including phenoxy) is 1. The van der Waals surface area contributed by atoms with E-state index in [4.69, 9.17) is 14.7 Å². The molecule has 7 heteroatoms. The molecule has 2 heterocycles. The molecule has 0 fully saturated rings. The maximum Gasteiger partial charge on any atom is 0.239 e. The van der Waals surface area contributed by atoms with Crippen molar-refractivity contribution in [1.82, 2.24) is 20.3 Å². The molecule has 0 aliphatic heterocycles. The molecule has 2 N–H and O–H groups in total. The van der Waals surface area contributed by atoms with Crippen LogP contribution < -0.4 is 15.4 Å². The Balaban J connectivity index is 1.81. The second kappa shape index (κ2) is 8.58. The lowest BCUT2D eigenvalue weighted by atomic mass is 9.99. The number of aromatic nitrogens is 3. The highest BCUT2D eigenvalue weighted by molar-refractivity contribution is 5.81. The van der Waals surface area contributed by atoms with Crippen LogP contribution in [0, 0.1) is 5.41 Å². The zero-order chi connectivity index (χ0) is 21.9. The lowest BCUT2D eigenvalue weighted by Gasteiger charge is -2.21. The fourth-order valence-electron chi connectivity index (χ4n) is 3.24. The molecule has 30 heavy (non-hydrogen) atoms. The maximum absolute atomic E-state index is 12.2. The van der Waals surface area contributed by atoms with Crippen LogP contribution in [0.3, 0.4) is 0 Å². The molecular formula is C23H33N5O2. The van der Waals surface area contributed by atoms with Gasteiger partial charge < -0.3 is 15.4 Å². The van der Waals surface area contributed by atoms with Crippen LogP contribution in [-0.2, 0) is 17.6 Å². The molecule has 162 valence electrons. The van der Waals surface area contributed by atoms with Crippen LogP contribution in [-0.4, -0.2) is 39.5 Å². The monoisotopic (exact) mass is 411 g/mol. The Kier molecular flexibility index (Phi) is 6.29. The summed E-state index contributed by atoms with van der Waals surface area (Å²) in [7, 11) is 0. The molecule has 7 nitrogen and oxygen atoms in total. The number of anilines is 1. The van der Waals surface area contributed by atoms with Crippen molar-refractivity contribution in [3.05, 3.63) is 29.6 Å². The van der Waals surface area contributed by atoms with Crippen LogP contribution in [0.15, 0.2) is 18.3 Å². The van der Waals surface area contributed by atoms with Gasteiger partial charge >= 0.3 is 0 Å². The standard InChI is InChI=1S/C23H33N5O2/c1-22(2,3)14-30-15-10-11-24-18(12-15)21-26-17-9-7-8-16(17)20(27-21)25-13-19(29)28-23(4,5)6/h10-12H,7-9,13-14H2,1-6H3,(H,28,29)(H,25,26,27). The van der Waals surface area contributed by atoms with Crippen molar-refractivity contribution in [2.45, 2.75) is 66.3 Å². The number of pyridine rings is 1. The van der Waals surface area contributed by atoms with Crippen molar-refractivity contribution in [1.29, 1.82) is 0 Å². The fraction of sp³-hybridized carbons (Fsp3) is 0.565. The molecule has 0 unspecified atom stereocenters. The molecule has 0 spiro atoms. The van der Waals surface area contributed by atoms with Gasteiger partial charge in [-0.25, -0.2) is 9.97 Å². The number of rotatable bonds is 6. The summed E-state index contributed by atoms with van der Waals surface area (Å²) < 4.78 is 5.92. The van der Waals surface area contributed by atoms with Gasteiger partial charge in [0.25, 0.3) is 0 Å². The van der Waals surface area contributed by atoms with E-state index in [2.05, 4.69) is 36.4 Å². The second-order valence-corrected chi connectivity index (χ2v) is 10.1. The number of hydrogen-bond donors (Lipinski definition) is 2. The van der Waals surface area contributed by atoms with Crippen molar-refractivity contribution in [2.75, 3.05) is 18.5 Å². The summed E-state index contributed by atoms with van der Waals surface area (Å²) in [6, 6.07) is 3.72. The number of fused-ring (bicyclic) bond motifs is 1. The van der Waals surface area contributed by atoms with Crippen molar-refractivity contribution < 1.29 is 9.53 Å². The van der Waals surface area contributed by atoms with Gasteiger partial charge in [0, 0.05) is 29.1 Å². The molecule has 2 aromatic heterocycles. The number of carbonyl (C=O) groups is 1. The zero-order valence-electron chi connectivity index (χ0n) is 18.9. The predicted molar refractivity (Wildman–Crippen MR) is 119 cm³/mol. The minimum Gasteiger partial charge on any atom is -0.493 e. The first kappa shape index (κ1) is 22.0. The third kappa shape index (κ3) is 6.15. The van der Waals surface area contributed by atoms with Gasteiger partial charge in [0.2, 0.25) is 5.91 Å². The molecule has 0 saturated carbocycles. The van der Waals surface area contributed by atoms with Gasteiger partial charge in [0.15, 0.2) is 5.82 Å². The molecule has 0 saturated heterocycles. The Labute approximate surface area is 179 Å². The predicted octanol–water partition coefficient (Wildman–Crippen LogP) is 3.78. The number of nitrogens with one attached hydrogen (secondary N) is 2. The molecule has 1 aliphatic rings. The summed E-state index contributed by atoms with van der Waals surface area (Å²) in [5.41, 5.74) is 2.59. The van der Waals surface area contributed by atoms with Gasteiger partial charge in [0.1, 0.15) is 17.3 Å². The first-order valence-corrected chi connectivity index (χ1v) is 10.5. The van der Waals surface area contributed by atoms with E-state index < -0.39 is 0 Å². The Morgan fingerprint density at radius 1 is 1.13 bits per heavy atom. The molecule has 0 bridgehead atoms. The Bertz CT molecular complexity index is 913. The van der Waals surface area contributed by atoms with Gasteiger partial charge in [-0.05, 0) is 51.5 Å². The quantitative estimate of drug-likeness (QED) is 0.752. The average Bonchev–Trinajstić information content (AvgIpc) is 3.11. The number of carbonyl (C=O) groups excluding carboxylic acids is 1. The summed E-state index contributed by atoms with van der Waals surface area (Å²) in [6.45, 7) is 13.1. The average molecular weight is 412 g/mol. The first-order valence-electron chi connectivity index (χ1n) is 10.5. The van der Waals surface area contributed by atoms with Gasteiger partial charge in [-0.2, -0.15) is 0 Å². The summed E-state index contributed by atoms with van der Waals surface area (Å²) in [5, 5.41) is 6.18. The molecule has 0 aromatic carbocycles. The SMILES string of the molecule is CC(C)(C)COc1ccnc(-c2nc3c(c(NCC(=O)NC(C)(C)C)n2)CCC3)c1. The van der Waals surface area contributed by atoms with Gasteiger partial charge in [-0.15, -0.1) is 0 Å². The van der Waals surface area contributed by atoms with Crippen molar-refractivity contribution in [3.8, 4) is 17.3 Å². The van der Waals surface area contributed by atoms with Crippen LogP contribution in [0.4, 0.5) is 5.82 Å². The lowest BCUT2D eigenvalue weighted by Crippen LogP contribution is -2.43. The smallest absolute Gasteiger partial charge is 0.239 e. The fourth-order valence-corrected chi connectivity index (χ4v) is 3.24. The normalized spacial score (nSPS) is 13.7. The molecule has 1 amide bonds. The van der Waals surface area contributed by atoms with E-state index in [1.54, 1.807) is 6.20 Å². The summed E-state index contributed by atoms with van der Waals surface area (Å²) in [5.74, 6) is 1.96. The van der Waals surface area contributed by atoms with Crippen LogP contribution in [0.1, 0.15) is 59.2 Å². The maximum atomic E-state index is 12.2. The third-order valence-electron chi connectivity index (χ3n) is 4.50. The van der Waals surface area contributed by atoms with E-state index >= 15 is 0 Å². The summed E-state index contributed by atoms with van der Waals surface area (Å²) in [4.78, 5) is 26.2. The van der Waals surface area contributed by atoms with Crippen molar-refractivity contribution >= 4 is 11.7 Å². The third-order valence-corrected chi connectivity index (χ3v) is 4.50. The van der Waals surface area contributed by atoms with Crippen LogP contribution in [0.2, 0.25) is 0 Å². The largest absolute Gasteiger partial charge is 0.493 e. The van der Waals surface area contributed by atoms with E-state index in [9.17, 15) is 4.79 Å². The van der Waals surface area contributed by atoms with Gasteiger partial charge in [0.05, 0.1) is 13.2 Å². The number of amides is 1. The number of nitrogens with zero attached hydrogens (tertiary/aromatic N) is 3. The minimum atomic E-state index is -0.269. The van der Waals surface area contributed by atoms with Crippen LogP contribution >= 0.6 is 0 Å². The van der Waals surface area contributed by atoms with Crippen molar-refractivity contribution in [3.63, 3.8) is 0 Å². The number of hydrogen-bond acceptors (Lipinski definition) is 6. The highest BCUT2D eigenvalue weighted by Gasteiger charge is 2.22. The number of aryl methyl sites for hydroxylation is 1. The summed E-state index contributed by atoms with van der Waals surface area (Å²) >= 11 is 0. The Hall–Kier alpha value is -2.70.